The third-order valence-corrected chi connectivity index (χ3v) is 7.51. The van der Waals surface area contributed by atoms with Crippen molar-refractivity contribution in [3.05, 3.63) is 24.3 Å². The molecule has 2 aliphatic heterocycles. The lowest BCUT2D eigenvalue weighted by Crippen LogP contribution is -2.77. The summed E-state index contributed by atoms with van der Waals surface area (Å²) in [7, 11) is 0. The summed E-state index contributed by atoms with van der Waals surface area (Å²) in [6.07, 6.45) is 6.08. The monoisotopic (exact) mass is 332 g/mol. The van der Waals surface area contributed by atoms with Gasteiger partial charge in [0, 0.05) is 16.9 Å². The van der Waals surface area contributed by atoms with E-state index in [9.17, 15) is 15.0 Å². The van der Waals surface area contributed by atoms with Gasteiger partial charge in [0.1, 0.15) is 11.0 Å². The highest BCUT2D eigenvalue weighted by atomic mass is 16.6. The maximum absolute atomic E-state index is 13.0. The van der Waals surface area contributed by atoms with E-state index < -0.39 is 23.2 Å². The molecule has 0 aromatic carbocycles. The highest BCUT2D eigenvalue weighted by Crippen LogP contribution is 2.69. The highest BCUT2D eigenvalue weighted by Gasteiger charge is 2.77. The summed E-state index contributed by atoms with van der Waals surface area (Å²) < 4.78 is 5.67. The molecule has 24 heavy (non-hydrogen) atoms. The van der Waals surface area contributed by atoms with Crippen LogP contribution in [0.1, 0.15) is 52.9 Å². The Morgan fingerprint density at radius 1 is 1.25 bits per heavy atom. The Hall–Kier alpha value is -1.13. The summed E-state index contributed by atoms with van der Waals surface area (Å²) in [5, 5.41) is 22.9. The van der Waals surface area contributed by atoms with Crippen molar-refractivity contribution in [2.24, 2.45) is 22.2 Å². The van der Waals surface area contributed by atoms with Crippen molar-refractivity contribution < 1.29 is 19.7 Å². The number of carbonyl (C=O) groups is 1. The minimum Gasteiger partial charge on any atom is -0.454 e. The van der Waals surface area contributed by atoms with Gasteiger partial charge in [-0.25, -0.2) is 0 Å². The molecule has 4 fully saturated rings. The number of allylic oxidation sites excluding steroid dienone is 2. The molecule has 4 nitrogen and oxygen atoms in total. The van der Waals surface area contributed by atoms with E-state index in [4.69, 9.17) is 4.74 Å². The van der Waals surface area contributed by atoms with Gasteiger partial charge >= 0.3 is 5.97 Å². The molecule has 2 saturated heterocycles. The van der Waals surface area contributed by atoms with Gasteiger partial charge in [0.15, 0.2) is 6.10 Å². The first kappa shape index (κ1) is 16.3. The molecular weight excluding hydrogens is 304 g/mol. The van der Waals surface area contributed by atoms with E-state index in [-0.39, 0.29) is 22.7 Å². The standard InChI is InChI=1S/C20H28O4/c1-5-18(4)9-10-20(23)12(11-18)14-13(21)15-17(2,3)7-6-8-19(15,20)16(22)24-14/h5,11,13-15,21,23H,1,6-10H2,2-4H3. The zero-order chi connectivity index (χ0) is 17.5. The van der Waals surface area contributed by atoms with E-state index in [1.165, 1.54) is 0 Å². The number of ether oxygens (including phenoxy) is 1. The first-order valence-corrected chi connectivity index (χ1v) is 9.10. The van der Waals surface area contributed by atoms with Gasteiger partial charge in [-0.05, 0) is 31.1 Å². The Balaban J connectivity index is 1.96. The quantitative estimate of drug-likeness (QED) is 0.572. The van der Waals surface area contributed by atoms with Crippen molar-refractivity contribution in [2.75, 3.05) is 0 Å². The van der Waals surface area contributed by atoms with E-state index in [0.29, 0.717) is 18.4 Å². The second-order valence-corrected chi connectivity index (χ2v) is 9.28. The number of rotatable bonds is 1. The van der Waals surface area contributed by atoms with Gasteiger partial charge in [0.05, 0.1) is 6.10 Å². The molecule has 2 bridgehead atoms. The van der Waals surface area contributed by atoms with E-state index in [1.807, 2.05) is 12.2 Å². The largest absolute Gasteiger partial charge is 0.454 e. The maximum Gasteiger partial charge on any atom is 0.316 e. The first-order valence-electron chi connectivity index (χ1n) is 9.10. The summed E-state index contributed by atoms with van der Waals surface area (Å²) in [6, 6.07) is 0. The first-order chi connectivity index (χ1) is 11.1. The minimum absolute atomic E-state index is 0.199. The van der Waals surface area contributed by atoms with Crippen LogP contribution in [-0.4, -0.2) is 34.0 Å². The van der Waals surface area contributed by atoms with Crippen molar-refractivity contribution in [1.82, 2.24) is 0 Å². The second-order valence-electron chi connectivity index (χ2n) is 9.28. The van der Waals surface area contributed by atoms with E-state index in [2.05, 4.69) is 27.4 Å². The SMILES string of the molecule is C=CC1(C)C=C2C3OC(=O)C4(CCCC(C)(C)C4C3O)C2(O)CC1. The Morgan fingerprint density at radius 2 is 1.96 bits per heavy atom. The number of hydrogen-bond donors (Lipinski definition) is 2. The van der Waals surface area contributed by atoms with Gasteiger partial charge < -0.3 is 14.9 Å². The van der Waals surface area contributed by atoms with Crippen LogP contribution in [0.5, 0.6) is 0 Å². The van der Waals surface area contributed by atoms with E-state index in [1.54, 1.807) is 0 Å². The van der Waals surface area contributed by atoms with Crippen LogP contribution in [0.3, 0.4) is 0 Å². The number of aliphatic hydroxyl groups excluding tert-OH is 1. The topological polar surface area (TPSA) is 66.8 Å². The Bertz CT molecular complexity index is 650. The predicted molar refractivity (Wildman–Crippen MR) is 90.0 cm³/mol. The number of aliphatic hydroxyl groups is 2. The normalized spacial score (nSPS) is 52.0. The van der Waals surface area contributed by atoms with Gasteiger partial charge in [-0.3, -0.25) is 4.79 Å². The summed E-state index contributed by atoms with van der Waals surface area (Å²) in [4.78, 5) is 13.0. The van der Waals surface area contributed by atoms with Gasteiger partial charge in [-0.2, -0.15) is 0 Å². The fraction of sp³-hybridized carbons (Fsp3) is 0.750. The molecule has 0 amide bonds. The smallest absolute Gasteiger partial charge is 0.316 e. The van der Waals surface area contributed by atoms with Crippen molar-refractivity contribution in [3.8, 4) is 0 Å². The van der Waals surface area contributed by atoms with Crippen molar-refractivity contribution >= 4 is 5.97 Å². The van der Waals surface area contributed by atoms with Crippen molar-refractivity contribution in [2.45, 2.75) is 70.7 Å². The fourth-order valence-corrected chi connectivity index (χ4v) is 6.23. The summed E-state index contributed by atoms with van der Waals surface area (Å²) >= 11 is 0. The van der Waals surface area contributed by atoms with Crippen molar-refractivity contribution in [3.63, 3.8) is 0 Å². The molecule has 2 N–H and O–H groups in total. The van der Waals surface area contributed by atoms with E-state index in [0.717, 1.165) is 19.3 Å². The van der Waals surface area contributed by atoms with Crippen LogP contribution in [0.4, 0.5) is 0 Å². The van der Waals surface area contributed by atoms with Crippen molar-refractivity contribution in [1.29, 1.82) is 0 Å². The average Bonchev–Trinajstić information content (AvgIpc) is 2.51. The third-order valence-electron chi connectivity index (χ3n) is 7.51. The molecule has 0 aromatic heterocycles. The van der Waals surface area contributed by atoms with Crippen LogP contribution in [-0.2, 0) is 9.53 Å². The van der Waals surface area contributed by atoms with Crippen LogP contribution in [0.2, 0.25) is 0 Å². The zero-order valence-corrected chi connectivity index (χ0v) is 14.8. The van der Waals surface area contributed by atoms with Gasteiger partial charge in [0.25, 0.3) is 0 Å². The Kier molecular flexibility index (Phi) is 3.08. The Morgan fingerprint density at radius 3 is 2.62 bits per heavy atom. The lowest BCUT2D eigenvalue weighted by Gasteiger charge is -2.68. The summed E-state index contributed by atoms with van der Waals surface area (Å²) in [6.45, 7) is 10.2. The summed E-state index contributed by atoms with van der Waals surface area (Å²) in [5.41, 5.74) is -1.94. The predicted octanol–water partition coefficient (Wildman–Crippen LogP) is 2.74. The molecule has 1 spiro atoms. The highest BCUT2D eigenvalue weighted by molar-refractivity contribution is 5.84. The average molecular weight is 332 g/mol. The zero-order valence-electron chi connectivity index (χ0n) is 14.8. The molecule has 2 saturated carbocycles. The molecule has 0 radical (unpaired) electrons. The minimum atomic E-state index is -1.20. The van der Waals surface area contributed by atoms with Crippen LogP contribution in [0, 0.1) is 22.2 Å². The van der Waals surface area contributed by atoms with Crippen LogP contribution >= 0.6 is 0 Å². The molecule has 5 aliphatic rings. The molecule has 2 heterocycles. The van der Waals surface area contributed by atoms with Crippen LogP contribution in [0.15, 0.2) is 24.3 Å². The number of hydrogen-bond acceptors (Lipinski definition) is 4. The molecule has 6 atom stereocenters. The molecule has 3 aliphatic carbocycles. The fourth-order valence-electron chi connectivity index (χ4n) is 6.23. The number of esters is 1. The molecule has 6 unspecified atom stereocenters. The molecular formula is C20H28O4. The molecule has 132 valence electrons. The lowest BCUT2D eigenvalue weighted by atomic mass is 9.40. The van der Waals surface area contributed by atoms with Gasteiger partial charge in [0.2, 0.25) is 0 Å². The van der Waals surface area contributed by atoms with Crippen LogP contribution < -0.4 is 0 Å². The lowest BCUT2D eigenvalue weighted by molar-refractivity contribution is -0.278. The maximum atomic E-state index is 13.0. The molecule has 0 aromatic rings. The molecule has 4 heteroatoms. The number of carbonyl (C=O) groups excluding carboxylic acids is 1. The van der Waals surface area contributed by atoms with E-state index >= 15 is 0 Å². The second kappa shape index (κ2) is 4.53. The molecule has 5 rings (SSSR count). The third kappa shape index (κ3) is 1.64. The summed E-state index contributed by atoms with van der Waals surface area (Å²) in [5.74, 6) is -0.572. The van der Waals surface area contributed by atoms with Crippen LogP contribution in [0.25, 0.3) is 0 Å². The van der Waals surface area contributed by atoms with Gasteiger partial charge in [-0.1, -0.05) is 39.3 Å². The number of fused-ring (bicyclic) bond motifs is 1. The Labute approximate surface area is 143 Å². The van der Waals surface area contributed by atoms with Gasteiger partial charge in [-0.15, -0.1) is 6.58 Å².